The second kappa shape index (κ2) is 6.27. The molecule has 0 aromatic heterocycles. The number of imide groups is 1. The molecular formula is C16H18N3O3. The van der Waals surface area contributed by atoms with Gasteiger partial charge in [0.25, 0.3) is 11.8 Å². The van der Waals surface area contributed by atoms with E-state index in [1.54, 1.807) is 29.2 Å². The Kier molecular flexibility index (Phi) is 4.20. The molecule has 1 saturated heterocycles. The van der Waals surface area contributed by atoms with Gasteiger partial charge in [-0.25, -0.2) is 0 Å². The van der Waals surface area contributed by atoms with Crippen molar-refractivity contribution in [2.75, 3.05) is 39.3 Å². The minimum Gasteiger partial charge on any atom is -0.332 e. The van der Waals surface area contributed by atoms with Crippen molar-refractivity contribution >= 4 is 18.2 Å². The third-order valence-electron chi connectivity index (χ3n) is 4.24. The number of benzene rings is 1. The fourth-order valence-electron chi connectivity index (χ4n) is 2.96. The third-order valence-corrected chi connectivity index (χ3v) is 4.24. The van der Waals surface area contributed by atoms with Crippen LogP contribution in [0, 0.1) is 0 Å². The molecule has 1 fully saturated rings. The molecule has 0 spiro atoms. The lowest BCUT2D eigenvalue weighted by Crippen LogP contribution is -2.46. The maximum atomic E-state index is 12.2. The van der Waals surface area contributed by atoms with Gasteiger partial charge in [-0.1, -0.05) is 12.1 Å². The van der Waals surface area contributed by atoms with Gasteiger partial charge in [-0.05, 0) is 25.1 Å². The van der Waals surface area contributed by atoms with Crippen LogP contribution in [0.5, 0.6) is 0 Å². The van der Waals surface area contributed by atoms with Crippen molar-refractivity contribution in [3.8, 4) is 0 Å². The summed E-state index contributed by atoms with van der Waals surface area (Å²) >= 11 is 0. The summed E-state index contributed by atoms with van der Waals surface area (Å²) in [5.41, 5.74) is 1.00. The summed E-state index contributed by atoms with van der Waals surface area (Å²) in [5, 5.41) is 0. The molecule has 0 bridgehead atoms. The molecule has 0 aliphatic carbocycles. The van der Waals surface area contributed by atoms with Crippen LogP contribution in [0.2, 0.25) is 0 Å². The number of rotatable bonds is 5. The van der Waals surface area contributed by atoms with Gasteiger partial charge in [0.1, 0.15) is 0 Å². The van der Waals surface area contributed by atoms with Crippen molar-refractivity contribution in [1.82, 2.24) is 14.7 Å². The first-order valence-corrected chi connectivity index (χ1v) is 7.51. The lowest BCUT2D eigenvalue weighted by atomic mass is 10.1. The van der Waals surface area contributed by atoms with Crippen molar-refractivity contribution in [1.29, 1.82) is 0 Å². The fourth-order valence-corrected chi connectivity index (χ4v) is 2.96. The summed E-state index contributed by atoms with van der Waals surface area (Å²) in [6, 6.07) is 6.95. The molecule has 0 N–H and O–H groups in total. The molecule has 3 rings (SSSR count). The van der Waals surface area contributed by atoms with E-state index in [4.69, 9.17) is 0 Å². The van der Waals surface area contributed by atoms with Crippen LogP contribution in [0.4, 0.5) is 0 Å². The molecule has 1 radical (unpaired) electrons. The third kappa shape index (κ3) is 2.74. The fraction of sp³-hybridized carbons (Fsp3) is 0.438. The molecule has 2 aliphatic rings. The highest BCUT2D eigenvalue weighted by Crippen LogP contribution is 2.22. The van der Waals surface area contributed by atoms with E-state index in [0.717, 1.165) is 26.1 Å². The normalized spacial score (nSPS) is 18.7. The monoisotopic (exact) mass is 300 g/mol. The standard InChI is InChI=1S/C16H18N3O3/c20-12-18-10-8-17(9-11-18)6-3-7-19-15(21)13-4-1-2-5-14(13)16(19)22/h1-2,4-5H,3,6-11H2. The average Bonchev–Trinajstić information content (AvgIpc) is 2.81. The molecule has 3 amide bonds. The van der Waals surface area contributed by atoms with Crippen molar-refractivity contribution in [2.45, 2.75) is 6.42 Å². The van der Waals surface area contributed by atoms with Crippen LogP contribution < -0.4 is 0 Å². The van der Waals surface area contributed by atoms with E-state index in [0.29, 0.717) is 30.8 Å². The van der Waals surface area contributed by atoms with Crippen LogP contribution in [-0.4, -0.2) is 72.2 Å². The molecule has 115 valence electrons. The first-order chi connectivity index (χ1) is 10.7. The van der Waals surface area contributed by atoms with Gasteiger partial charge in [0.05, 0.1) is 11.1 Å². The second-order valence-electron chi connectivity index (χ2n) is 5.58. The molecule has 1 aromatic carbocycles. The maximum absolute atomic E-state index is 12.2. The molecule has 6 nitrogen and oxygen atoms in total. The number of piperazine rings is 1. The van der Waals surface area contributed by atoms with Gasteiger partial charge in [-0.15, -0.1) is 0 Å². The minimum atomic E-state index is -0.194. The Morgan fingerprint density at radius 3 is 2.05 bits per heavy atom. The van der Waals surface area contributed by atoms with Gasteiger partial charge in [-0.3, -0.25) is 24.2 Å². The number of hydrogen-bond donors (Lipinski definition) is 0. The van der Waals surface area contributed by atoms with Gasteiger partial charge in [0.2, 0.25) is 0 Å². The smallest absolute Gasteiger partial charge is 0.312 e. The highest BCUT2D eigenvalue weighted by molar-refractivity contribution is 6.21. The van der Waals surface area contributed by atoms with Gasteiger partial charge in [0.15, 0.2) is 0 Å². The van der Waals surface area contributed by atoms with E-state index < -0.39 is 0 Å². The number of carbonyl (C=O) groups is 2. The SMILES string of the molecule is O=[C]N1CCN(CCCN2C(=O)c3ccccc3C2=O)CC1. The first-order valence-electron chi connectivity index (χ1n) is 7.51. The summed E-state index contributed by atoms with van der Waals surface area (Å²) in [6.45, 7) is 4.27. The Morgan fingerprint density at radius 1 is 0.909 bits per heavy atom. The predicted molar refractivity (Wildman–Crippen MR) is 80.1 cm³/mol. The highest BCUT2D eigenvalue weighted by Gasteiger charge is 2.34. The van der Waals surface area contributed by atoms with Gasteiger partial charge < -0.3 is 4.90 Å². The molecule has 0 saturated carbocycles. The predicted octanol–water partition coefficient (Wildman–Crippen LogP) is 0.357. The van der Waals surface area contributed by atoms with E-state index in [2.05, 4.69) is 4.90 Å². The minimum absolute atomic E-state index is 0.194. The zero-order valence-electron chi connectivity index (χ0n) is 12.3. The van der Waals surface area contributed by atoms with Crippen LogP contribution in [0.1, 0.15) is 27.1 Å². The van der Waals surface area contributed by atoms with Crippen LogP contribution in [0.15, 0.2) is 24.3 Å². The van der Waals surface area contributed by atoms with Crippen molar-refractivity contribution in [2.24, 2.45) is 0 Å². The summed E-state index contributed by atoms with van der Waals surface area (Å²) < 4.78 is 0. The van der Waals surface area contributed by atoms with Crippen molar-refractivity contribution in [3.63, 3.8) is 0 Å². The summed E-state index contributed by atoms with van der Waals surface area (Å²) in [4.78, 5) is 40.2. The van der Waals surface area contributed by atoms with E-state index in [1.807, 2.05) is 6.41 Å². The number of carbonyl (C=O) groups excluding carboxylic acids is 3. The largest absolute Gasteiger partial charge is 0.332 e. The van der Waals surface area contributed by atoms with Crippen molar-refractivity contribution < 1.29 is 14.4 Å². The second-order valence-corrected chi connectivity index (χ2v) is 5.58. The number of hydrogen-bond acceptors (Lipinski definition) is 4. The Labute approximate surface area is 129 Å². The Morgan fingerprint density at radius 2 is 1.50 bits per heavy atom. The quantitative estimate of drug-likeness (QED) is 0.737. The molecule has 0 atom stereocenters. The lowest BCUT2D eigenvalue weighted by molar-refractivity contribution is 0.0644. The number of nitrogens with zero attached hydrogens (tertiary/aromatic N) is 3. The average molecular weight is 300 g/mol. The van der Waals surface area contributed by atoms with E-state index in [1.165, 1.54) is 4.90 Å². The van der Waals surface area contributed by atoms with E-state index in [-0.39, 0.29) is 11.8 Å². The van der Waals surface area contributed by atoms with E-state index >= 15 is 0 Å². The van der Waals surface area contributed by atoms with Crippen LogP contribution in [-0.2, 0) is 4.79 Å². The Hall–Kier alpha value is -2.21. The van der Waals surface area contributed by atoms with E-state index in [9.17, 15) is 14.4 Å². The molecule has 2 aliphatic heterocycles. The molecule has 6 heteroatoms. The first kappa shape index (κ1) is 14.7. The molecule has 2 heterocycles. The lowest BCUT2D eigenvalue weighted by Gasteiger charge is -2.32. The summed E-state index contributed by atoms with van der Waals surface area (Å²) in [7, 11) is 0. The molecular weight excluding hydrogens is 282 g/mol. The van der Waals surface area contributed by atoms with Crippen LogP contribution in [0.25, 0.3) is 0 Å². The molecule has 0 unspecified atom stereocenters. The molecule has 22 heavy (non-hydrogen) atoms. The number of fused-ring (bicyclic) bond motifs is 1. The Bertz CT molecular complexity index is 559. The highest BCUT2D eigenvalue weighted by atomic mass is 16.2. The van der Waals surface area contributed by atoms with Crippen LogP contribution >= 0.6 is 0 Å². The van der Waals surface area contributed by atoms with Gasteiger partial charge >= 0.3 is 6.41 Å². The topological polar surface area (TPSA) is 60.9 Å². The number of amides is 3. The summed E-state index contributed by atoms with van der Waals surface area (Å²) in [5.74, 6) is -0.387. The summed E-state index contributed by atoms with van der Waals surface area (Å²) in [6.07, 6.45) is 2.65. The zero-order valence-corrected chi connectivity index (χ0v) is 12.3. The zero-order chi connectivity index (χ0) is 15.5. The Balaban J connectivity index is 1.50. The maximum Gasteiger partial charge on any atom is 0.312 e. The van der Waals surface area contributed by atoms with Crippen LogP contribution in [0.3, 0.4) is 0 Å². The van der Waals surface area contributed by atoms with Gasteiger partial charge in [-0.2, -0.15) is 0 Å². The van der Waals surface area contributed by atoms with Crippen molar-refractivity contribution in [3.05, 3.63) is 35.4 Å². The molecule has 1 aromatic rings. The van der Waals surface area contributed by atoms with Gasteiger partial charge in [0, 0.05) is 32.7 Å².